The van der Waals surface area contributed by atoms with Gasteiger partial charge in [0.05, 0.1) is 44.9 Å². The van der Waals surface area contributed by atoms with Crippen LogP contribution >= 0.6 is 11.8 Å². The monoisotopic (exact) mass is 509 g/mol. The van der Waals surface area contributed by atoms with Crippen LogP contribution in [0.4, 0.5) is 32.9 Å². The molecular formula is C19H23N7O8S. The van der Waals surface area contributed by atoms with Crippen LogP contribution in [0.1, 0.15) is 17.3 Å². The Morgan fingerprint density at radius 2 is 1.66 bits per heavy atom. The fourth-order valence-corrected chi connectivity index (χ4v) is 2.95. The van der Waals surface area contributed by atoms with Crippen molar-refractivity contribution in [3.63, 3.8) is 0 Å². The number of aromatic nitrogens is 3. The number of carbonyl (C=O) groups is 4. The van der Waals surface area contributed by atoms with Crippen molar-refractivity contribution < 1.29 is 38.1 Å². The summed E-state index contributed by atoms with van der Waals surface area (Å²) < 4.78 is 18.7. The van der Waals surface area contributed by atoms with Gasteiger partial charge in [-0.2, -0.15) is 15.0 Å². The molecule has 0 aliphatic rings. The van der Waals surface area contributed by atoms with Crippen molar-refractivity contribution in [3.8, 4) is 0 Å². The van der Waals surface area contributed by atoms with Crippen molar-refractivity contribution in [3.05, 3.63) is 23.8 Å². The highest BCUT2D eigenvalue weighted by Crippen LogP contribution is 2.25. The second-order valence-electron chi connectivity index (χ2n) is 6.09. The molecule has 0 unspecified atom stereocenters. The molecule has 0 aliphatic heterocycles. The normalized spacial score (nSPS) is 9.94. The Balaban J connectivity index is 2.33. The Labute approximate surface area is 203 Å². The maximum absolute atomic E-state index is 12.2. The molecule has 0 radical (unpaired) electrons. The van der Waals surface area contributed by atoms with E-state index in [2.05, 4.69) is 45.9 Å². The lowest BCUT2D eigenvalue weighted by molar-refractivity contribution is -0.139. The molecular weight excluding hydrogens is 486 g/mol. The van der Waals surface area contributed by atoms with Gasteiger partial charge in [-0.05, 0) is 25.1 Å². The molecule has 2 aromatic rings. The summed E-state index contributed by atoms with van der Waals surface area (Å²) in [4.78, 5) is 59.3. The fraction of sp³-hybridized carbons (Fsp3) is 0.316. The first-order valence-corrected chi connectivity index (χ1v) is 10.8. The van der Waals surface area contributed by atoms with Gasteiger partial charge < -0.3 is 24.3 Å². The lowest BCUT2D eigenvalue weighted by atomic mass is 10.1. The van der Waals surface area contributed by atoms with Crippen molar-refractivity contribution in [2.75, 3.05) is 49.7 Å². The number of hydrazine groups is 1. The number of ether oxygens (including phenoxy) is 4. The van der Waals surface area contributed by atoms with E-state index in [1.54, 1.807) is 6.92 Å². The van der Waals surface area contributed by atoms with Gasteiger partial charge in [-0.25, -0.2) is 19.8 Å². The van der Waals surface area contributed by atoms with Gasteiger partial charge in [-0.1, -0.05) is 11.8 Å². The quantitative estimate of drug-likeness (QED) is 0.157. The van der Waals surface area contributed by atoms with Gasteiger partial charge in [-0.3, -0.25) is 15.5 Å². The maximum Gasteiger partial charge on any atom is 0.425 e. The zero-order valence-corrected chi connectivity index (χ0v) is 20.0. The molecule has 2 amide bonds. The fourth-order valence-electron chi connectivity index (χ4n) is 2.32. The topological polar surface area (TPSA) is 192 Å². The summed E-state index contributed by atoms with van der Waals surface area (Å²) in [5, 5.41) is 5.43. The Bertz CT molecular complexity index is 1090. The largest absolute Gasteiger partial charge is 0.465 e. The predicted molar refractivity (Wildman–Crippen MR) is 123 cm³/mol. The third-order valence-electron chi connectivity index (χ3n) is 3.80. The second-order valence-corrected chi connectivity index (χ2v) is 7.04. The first-order chi connectivity index (χ1) is 16.8. The molecule has 35 heavy (non-hydrogen) atoms. The van der Waals surface area contributed by atoms with Crippen LogP contribution < -0.4 is 21.5 Å². The Morgan fingerprint density at radius 1 is 0.943 bits per heavy atom. The van der Waals surface area contributed by atoms with E-state index in [1.807, 2.05) is 0 Å². The summed E-state index contributed by atoms with van der Waals surface area (Å²) in [7, 11) is 3.55. The Morgan fingerprint density at radius 3 is 2.31 bits per heavy atom. The molecule has 1 aromatic heterocycles. The molecule has 0 saturated carbocycles. The highest BCUT2D eigenvalue weighted by atomic mass is 32.2. The van der Waals surface area contributed by atoms with Gasteiger partial charge in [0, 0.05) is 5.69 Å². The summed E-state index contributed by atoms with van der Waals surface area (Å²) in [6, 6.07) is 4.37. The van der Waals surface area contributed by atoms with E-state index >= 15 is 0 Å². The van der Waals surface area contributed by atoms with Crippen molar-refractivity contribution in [2.45, 2.75) is 12.1 Å². The third-order valence-corrected chi connectivity index (χ3v) is 4.63. The van der Waals surface area contributed by atoms with E-state index in [0.29, 0.717) is 5.69 Å². The average Bonchev–Trinajstić information content (AvgIpc) is 2.86. The Kier molecular flexibility index (Phi) is 10.3. The van der Waals surface area contributed by atoms with E-state index in [1.165, 1.54) is 39.5 Å². The Hall–Kier alpha value is -4.34. The van der Waals surface area contributed by atoms with E-state index < -0.39 is 24.1 Å². The molecule has 15 nitrogen and oxygen atoms in total. The molecule has 2 rings (SSSR count). The lowest BCUT2D eigenvalue weighted by Crippen LogP contribution is -2.30. The maximum atomic E-state index is 12.2. The number of rotatable bonds is 10. The number of esters is 2. The number of hydrogen-bond donors (Lipinski definition) is 4. The molecule has 0 saturated heterocycles. The minimum absolute atomic E-state index is 0.00465. The molecule has 188 valence electrons. The number of nitrogens with one attached hydrogen (secondary N) is 4. The van der Waals surface area contributed by atoms with Gasteiger partial charge in [-0.15, -0.1) is 0 Å². The van der Waals surface area contributed by atoms with Crippen molar-refractivity contribution in [1.29, 1.82) is 0 Å². The van der Waals surface area contributed by atoms with Gasteiger partial charge in [0.1, 0.15) is 0 Å². The zero-order chi connectivity index (χ0) is 25.8. The smallest absolute Gasteiger partial charge is 0.425 e. The van der Waals surface area contributed by atoms with Crippen molar-refractivity contribution >= 4 is 59.2 Å². The van der Waals surface area contributed by atoms with Gasteiger partial charge >= 0.3 is 24.1 Å². The van der Waals surface area contributed by atoms with E-state index in [-0.39, 0.29) is 40.7 Å². The molecule has 4 N–H and O–H groups in total. The van der Waals surface area contributed by atoms with Gasteiger partial charge in [0.2, 0.25) is 11.9 Å². The number of benzene rings is 1. The van der Waals surface area contributed by atoms with Crippen LogP contribution in [-0.2, 0) is 23.7 Å². The van der Waals surface area contributed by atoms with E-state index in [9.17, 15) is 19.2 Å². The number of hydrogen-bond acceptors (Lipinski definition) is 14. The summed E-state index contributed by atoms with van der Waals surface area (Å²) >= 11 is 0.975. The van der Waals surface area contributed by atoms with Crippen LogP contribution in [0.25, 0.3) is 0 Å². The highest BCUT2D eigenvalue weighted by Gasteiger charge is 2.17. The van der Waals surface area contributed by atoms with Crippen LogP contribution in [-0.4, -0.2) is 72.8 Å². The minimum Gasteiger partial charge on any atom is -0.465 e. The average molecular weight is 510 g/mol. The number of nitrogens with zero attached hydrogens (tertiary/aromatic N) is 3. The highest BCUT2D eigenvalue weighted by molar-refractivity contribution is 7.99. The molecule has 1 aromatic carbocycles. The second kappa shape index (κ2) is 13.4. The van der Waals surface area contributed by atoms with Gasteiger partial charge in [0.15, 0.2) is 5.16 Å². The van der Waals surface area contributed by atoms with Crippen molar-refractivity contribution in [1.82, 2.24) is 20.4 Å². The van der Waals surface area contributed by atoms with E-state index in [0.717, 1.165) is 11.8 Å². The molecule has 16 heteroatoms. The minimum atomic E-state index is -0.794. The predicted octanol–water partition coefficient (Wildman–Crippen LogP) is 1.92. The summed E-state index contributed by atoms with van der Waals surface area (Å²) in [5.74, 6) is -1.32. The number of carbonyl (C=O) groups excluding carboxylic acids is 4. The first-order valence-electron chi connectivity index (χ1n) is 9.78. The molecule has 0 fully saturated rings. The number of thioether (sulfide) groups is 1. The molecule has 0 spiro atoms. The summed E-state index contributed by atoms with van der Waals surface area (Å²) in [6.07, 6.45) is -1.57. The summed E-state index contributed by atoms with van der Waals surface area (Å²) in [6.45, 7) is 1.91. The van der Waals surface area contributed by atoms with Gasteiger partial charge in [0.25, 0.3) is 0 Å². The lowest BCUT2D eigenvalue weighted by Gasteiger charge is -2.13. The molecule has 0 bridgehead atoms. The van der Waals surface area contributed by atoms with Crippen LogP contribution in [0.15, 0.2) is 23.4 Å². The molecule has 0 aliphatic carbocycles. The van der Waals surface area contributed by atoms with Crippen LogP contribution in [0.3, 0.4) is 0 Å². The standard InChI is InChI=1S/C19H23N7O8S/c1-5-34-13(27)9-35-17-23-15(22-16(24-17)25-26-19(30)33-4)20-10-6-7-12(21-18(29)32-3)11(8-10)14(28)31-2/h6-8H,5,9H2,1-4H3,(H,21,29)(H,26,30)(H2,20,22,23,24,25). The number of anilines is 4. The van der Waals surface area contributed by atoms with Crippen molar-refractivity contribution in [2.24, 2.45) is 0 Å². The van der Waals surface area contributed by atoms with Crippen LogP contribution in [0.5, 0.6) is 0 Å². The zero-order valence-electron chi connectivity index (χ0n) is 19.2. The number of methoxy groups -OCH3 is 3. The molecule has 1 heterocycles. The van der Waals surface area contributed by atoms with Crippen LogP contribution in [0.2, 0.25) is 0 Å². The third kappa shape index (κ3) is 8.50. The summed E-state index contributed by atoms with van der Waals surface area (Å²) in [5.41, 5.74) is 5.20. The SMILES string of the molecule is CCOC(=O)CSc1nc(NNC(=O)OC)nc(Nc2ccc(NC(=O)OC)c(C(=O)OC)c2)n1. The van der Waals surface area contributed by atoms with E-state index in [4.69, 9.17) is 9.47 Å². The first kappa shape index (κ1) is 26.9. The van der Waals surface area contributed by atoms with Crippen LogP contribution in [0, 0.1) is 0 Å². The number of amides is 2. The molecule has 0 atom stereocenters.